The van der Waals surface area contributed by atoms with Gasteiger partial charge in [-0.3, -0.25) is 0 Å². The third-order valence-electron chi connectivity index (χ3n) is 3.83. The standard InChI is InChI=1S/C21H19NO3S2/c1-17-11-13-19(14-12-17)27(23,24)25-21-10-4-3-9-20(21)22(2)15-5-7-18-8-6-16-26-18/h3-4,6,8-14,16H,15H2,1-2H3. The van der Waals surface area contributed by atoms with E-state index in [1.54, 1.807) is 47.7 Å². The molecule has 1 heterocycles. The molecule has 0 N–H and O–H groups in total. The van der Waals surface area contributed by atoms with Crippen LogP contribution in [0.2, 0.25) is 0 Å². The van der Waals surface area contributed by atoms with Gasteiger partial charge < -0.3 is 9.08 Å². The molecular weight excluding hydrogens is 378 g/mol. The van der Waals surface area contributed by atoms with E-state index >= 15 is 0 Å². The van der Waals surface area contributed by atoms with Crippen molar-refractivity contribution in [3.05, 3.63) is 76.5 Å². The molecule has 1 aromatic heterocycles. The lowest BCUT2D eigenvalue weighted by Crippen LogP contribution is -2.19. The van der Waals surface area contributed by atoms with Crippen molar-refractivity contribution in [2.45, 2.75) is 11.8 Å². The van der Waals surface area contributed by atoms with E-state index in [0.29, 0.717) is 12.2 Å². The van der Waals surface area contributed by atoms with Crippen molar-refractivity contribution in [2.75, 3.05) is 18.5 Å². The van der Waals surface area contributed by atoms with Crippen LogP contribution in [-0.2, 0) is 10.1 Å². The third kappa shape index (κ3) is 4.91. The Labute approximate surface area is 164 Å². The number of benzene rings is 2. The van der Waals surface area contributed by atoms with Crippen LogP contribution in [0.25, 0.3) is 0 Å². The fourth-order valence-corrected chi connectivity index (χ4v) is 3.93. The Hall–Kier alpha value is -2.75. The molecular formula is C21H19NO3S2. The summed E-state index contributed by atoms with van der Waals surface area (Å²) >= 11 is 1.58. The predicted octanol–water partition coefficient (Wildman–Crippen LogP) is 4.31. The van der Waals surface area contributed by atoms with Crippen molar-refractivity contribution < 1.29 is 12.6 Å². The maximum absolute atomic E-state index is 12.6. The molecule has 0 aliphatic heterocycles. The first kappa shape index (κ1) is 19.0. The molecule has 0 spiro atoms. The normalized spacial score (nSPS) is 10.7. The van der Waals surface area contributed by atoms with Gasteiger partial charge in [-0.15, -0.1) is 11.3 Å². The van der Waals surface area contributed by atoms with Gasteiger partial charge in [-0.05, 0) is 42.6 Å². The number of nitrogens with zero attached hydrogens (tertiary/aromatic N) is 1. The predicted molar refractivity (Wildman–Crippen MR) is 110 cm³/mol. The van der Waals surface area contributed by atoms with E-state index < -0.39 is 10.1 Å². The first-order valence-electron chi connectivity index (χ1n) is 8.29. The fraction of sp³-hybridized carbons (Fsp3) is 0.143. The average Bonchev–Trinajstić information content (AvgIpc) is 3.15. The van der Waals surface area contributed by atoms with E-state index in [1.807, 2.05) is 48.5 Å². The minimum Gasteiger partial charge on any atom is -0.377 e. The van der Waals surface area contributed by atoms with E-state index in [0.717, 1.165) is 10.4 Å². The topological polar surface area (TPSA) is 46.6 Å². The molecule has 0 aliphatic rings. The summed E-state index contributed by atoms with van der Waals surface area (Å²) in [5, 5.41) is 1.98. The first-order valence-corrected chi connectivity index (χ1v) is 10.6. The summed E-state index contributed by atoms with van der Waals surface area (Å²) in [7, 11) is -2.05. The van der Waals surface area contributed by atoms with Crippen LogP contribution in [0.5, 0.6) is 5.75 Å². The number of hydrogen-bond donors (Lipinski definition) is 0. The van der Waals surface area contributed by atoms with Crippen LogP contribution in [0.3, 0.4) is 0 Å². The highest BCUT2D eigenvalue weighted by molar-refractivity contribution is 7.87. The number of anilines is 1. The highest BCUT2D eigenvalue weighted by Crippen LogP contribution is 2.29. The van der Waals surface area contributed by atoms with Crippen molar-refractivity contribution >= 4 is 27.1 Å². The number of thiophene rings is 1. The van der Waals surface area contributed by atoms with Gasteiger partial charge in [0.1, 0.15) is 4.90 Å². The number of para-hydroxylation sites is 2. The Morgan fingerprint density at radius 2 is 1.78 bits per heavy atom. The summed E-state index contributed by atoms with van der Waals surface area (Å²) in [5.41, 5.74) is 1.65. The van der Waals surface area contributed by atoms with Gasteiger partial charge >= 0.3 is 10.1 Å². The van der Waals surface area contributed by atoms with Crippen molar-refractivity contribution in [1.82, 2.24) is 0 Å². The average molecular weight is 398 g/mol. The Balaban J connectivity index is 1.80. The molecule has 0 amide bonds. The van der Waals surface area contributed by atoms with Crippen molar-refractivity contribution in [3.63, 3.8) is 0 Å². The lowest BCUT2D eigenvalue weighted by molar-refractivity contribution is 0.486. The summed E-state index contributed by atoms with van der Waals surface area (Å²) < 4.78 is 30.6. The van der Waals surface area contributed by atoms with Crippen LogP contribution in [-0.4, -0.2) is 22.0 Å². The molecule has 6 heteroatoms. The molecule has 3 rings (SSSR count). The maximum atomic E-state index is 12.6. The molecule has 27 heavy (non-hydrogen) atoms. The Bertz CT molecular complexity index is 1060. The van der Waals surface area contributed by atoms with Crippen LogP contribution in [0.15, 0.2) is 70.9 Å². The van der Waals surface area contributed by atoms with Crippen LogP contribution in [0.1, 0.15) is 10.4 Å². The van der Waals surface area contributed by atoms with Crippen LogP contribution < -0.4 is 9.08 Å². The summed E-state index contributed by atoms with van der Waals surface area (Å²) in [6, 6.07) is 17.5. The molecule has 0 atom stereocenters. The monoisotopic (exact) mass is 397 g/mol. The summed E-state index contributed by atoms with van der Waals surface area (Å²) in [6.07, 6.45) is 0. The summed E-state index contributed by atoms with van der Waals surface area (Å²) in [6.45, 7) is 2.35. The molecule has 0 radical (unpaired) electrons. The zero-order valence-corrected chi connectivity index (χ0v) is 16.7. The second kappa shape index (κ2) is 8.30. The van der Waals surface area contributed by atoms with E-state index in [9.17, 15) is 8.42 Å². The van der Waals surface area contributed by atoms with Gasteiger partial charge in [0.15, 0.2) is 5.75 Å². The minimum atomic E-state index is -3.90. The highest BCUT2D eigenvalue weighted by Gasteiger charge is 2.19. The molecule has 0 saturated carbocycles. The second-order valence-electron chi connectivity index (χ2n) is 5.95. The summed E-state index contributed by atoms with van der Waals surface area (Å²) in [5.74, 6) is 6.46. The fourth-order valence-electron chi connectivity index (χ4n) is 2.39. The highest BCUT2D eigenvalue weighted by atomic mass is 32.2. The molecule has 0 aliphatic carbocycles. The molecule has 4 nitrogen and oxygen atoms in total. The van der Waals surface area contributed by atoms with Gasteiger partial charge in [0.2, 0.25) is 0 Å². The van der Waals surface area contributed by atoms with Crippen molar-refractivity contribution in [1.29, 1.82) is 0 Å². The molecule has 0 fully saturated rings. The number of hydrogen-bond acceptors (Lipinski definition) is 5. The number of aryl methyl sites for hydroxylation is 1. The molecule has 138 valence electrons. The van der Waals surface area contributed by atoms with E-state index in [2.05, 4.69) is 11.8 Å². The lowest BCUT2D eigenvalue weighted by atomic mass is 10.2. The van der Waals surface area contributed by atoms with Gasteiger partial charge in [-0.1, -0.05) is 47.7 Å². The second-order valence-corrected chi connectivity index (χ2v) is 8.45. The van der Waals surface area contributed by atoms with Gasteiger partial charge in [-0.25, -0.2) is 0 Å². The van der Waals surface area contributed by atoms with Gasteiger partial charge in [0, 0.05) is 7.05 Å². The minimum absolute atomic E-state index is 0.128. The molecule has 0 saturated heterocycles. The first-order chi connectivity index (χ1) is 13.0. The third-order valence-corrected chi connectivity index (χ3v) is 5.87. The Kier molecular flexibility index (Phi) is 5.84. The largest absolute Gasteiger partial charge is 0.377 e. The number of rotatable bonds is 5. The van der Waals surface area contributed by atoms with Crippen LogP contribution >= 0.6 is 11.3 Å². The lowest BCUT2D eigenvalue weighted by Gasteiger charge is -2.19. The van der Waals surface area contributed by atoms with E-state index in [4.69, 9.17) is 4.18 Å². The molecule has 0 unspecified atom stereocenters. The van der Waals surface area contributed by atoms with E-state index in [-0.39, 0.29) is 10.6 Å². The van der Waals surface area contributed by atoms with Gasteiger partial charge in [-0.2, -0.15) is 8.42 Å². The quantitative estimate of drug-likeness (QED) is 0.475. The Morgan fingerprint density at radius 3 is 2.48 bits per heavy atom. The van der Waals surface area contributed by atoms with Crippen molar-refractivity contribution in [3.8, 4) is 17.6 Å². The molecule has 0 bridgehead atoms. The summed E-state index contributed by atoms with van der Waals surface area (Å²) in [4.78, 5) is 2.98. The van der Waals surface area contributed by atoms with Crippen LogP contribution in [0, 0.1) is 18.8 Å². The van der Waals surface area contributed by atoms with Crippen LogP contribution in [0.4, 0.5) is 5.69 Å². The molecule has 2 aromatic carbocycles. The zero-order valence-electron chi connectivity index (χ0n) is 15.0. The Morgan fingerprint density at radius 1 is 1.04 bits per heavy atom. The smallest absolute Gasteiger partial charge is 0.339 e. The molecule has 3 aromatic rings. The zero-order chi connectivity index (χ0) is 19.3. The SMILES string of the molecule is Cc1ccc(S(=O)(=O)Oc2ccccc2N(C)CC#Cc2cccs2)cc1. The van der Waals surface area contributed by atoms with Gasteiger partial charge in [0.05, 0.1) is 17.1 Å². The maximum Gasteiger partial charge on any atom is 0.339 e. The van der Waals surface area contributed by atoms with Crippen molar-refractivity contribution in [2.24, 2.45) is 0 Å². The van der Waals surface area contributed by atoms with E-state index in [1.165, 1.54) is 0 Å². The van der Waals surface area contributed by atoms with Gasteiger partial charge in [0.25, 0.3) is 0 Å².